The van der Waals surface area contributed by atoms with E-state index in [1.54, 1.807) is 18.6 Å². The summed E-state index contributed by atoms with van der Waals surface area (Å²) in [6, 6.07) is 15.3. The van der Waals surface area contributed by atoms with Gasteiger partial charge in [-0.3, -0.25) is 9.97 Å². The van der Waals surface area contributed by atoms with E-state index in [-0.39, 0.29) is 0 Å². The van der Waals surface area contributed by atoms with Gasteiger partial charge in [0.25, 0.3) is 0 Å². The summed E-state index contributed by atoms with van der Waals surface area (Å²) < 4.78 is 5.59. The maximum Gasteiger partial charge on any atom is 0.213 e. The van der Waals surface area contributed by atoms with Gasteiger partial charge in [-0.25, -0.2) is 4.98 Å². The van der Waals surface area contributed by atoms with E-state index in [0.717, 1.165) is 17.0 Å². The summed E-state index contributed by atoms with van der Waals surface area (Å²) in [5.74, 6) is 0.579. The lowest BCUT2D eigenvalue weighted by atomic mass is 10.2. The van der Waals surface area contributed by atoms with Crippen molar-refractivity contribution in [2.75, 3.05) is 0 Å². The Balaban J connectivity index is 1.68. The topological polar surface area (TPSA) is 47.9 Å². The first kappa shape index (κ1) is 12.3. The highest BCUT2D eigenvalue weighted by molar-refractivity contribution is 5.57. The summed E-state index contributed by atoms with van der Waals surface area (Å²) in [5, 5.41) is 0. The molecular formula is C16H13N3O. The van der Waals surface area contributed by atoms with Crippen molar-refractivity contribution < 1.29 is 4.74 Å². The average molecular weight is 263 g/mol. The number of pyridine rings is 3. The van der Waals surface area contributed by atoms with Crippen LogP contribution >= 0.6 is 0 Å². The van der Waals surface area contributed by atoms with E-state index >= 15 is 0 Å². The third kappa shape index (κ3) is 2.98. The number of aromatic nitrogens is 3. The number of nitrogens with zero attached hydrogens (tertiary/aromatic N) is 3. The Morgan fingerprint density at radius 3 is 2.30 bits per heavy atom. The third-order valence-electron chi connectivity index (χ3n) is 2.79. The zero-order valence-electron chi connectivity index (χ0n) is 10.8. The van der Waals surface area contributed by atoms with Crippen LogP contribution < -0.4 is 4.74 Å². The van der Waals surface area contributed by atoms with Gasteiger partial charge in [0, 0.05) is 30.2 Å². The van der Waals surface area contributed by atoms with Gasteiger partial charge < -0.3 is 4.74 Å². The molecule has 0 amide bonds. The molecule has 0 aliphatic carbocycles. The van der Waals surface area contributed by atoms with Crippen LogP contribution in [0.5, 0.6) is 5.88 Å². The highest BCUT2D eigenvalue weighted by atomic mass is 16.5. The van der Waals surface area contributed by atoms with Gasteiger partial charge in [0.05, 0.1) is 11.4 Å². The molecule has 20 heavy (non-hydrogen) atoms. The minimum absolute atomic E-state index is 0.413. The van der Waals surface area contributed by atoms with Crippen LogP contribution in [0.25, 0.3) is 11.3 Å². The Labute approximate surface area is 117 Å². The molecule has 0 aliphatic heterocycles. The third-order valence-corrected chi connectivity index (χ3v) is 2.79. The molecule has 0 bridgehead atoms. The van der Waals surface area contributed by atoms with Crippen molar-refractivity contribution in [1.82, 2.24) is 15.0 Å². The van der Waals surface area contributed by atoms with Crippen molar-refractivity contribution in [2.45, 2.75) is 6.61 Å². The normalized spacial score (nSPS) is 10.2. The van der Waals surface area contributed by atoms with Crippen molar-refractivity contribution >= 4 is 0 Å². The first-order chi connectivity index (χ1) is 9.92. The van der Waals surface area contributed by atoms with Crippen LogP contribution in [-0.4, -0.2) is 15.0 Å². The molecule has 0 aliphatic rings. The summed E-state index contributed by atoms with van der Waals surface area (Å²) in [7, 11) is 0. The smallest absolute Gasteiger partial charge is 0.213 e. The van der Waals surface area contributed by atoms with Gasteiger partial charge in [-0.1, -0.05) is 12.1 Å². The second-order valence-electron chi connectivity index (χ2n) is 4.21. The predicted octanol–water partition coefficient (Wildman–Crippen LogP) is 3.12. The lowest BCUT2D eigenvalue weighted by molar-refractivity contribution is 0.289. The Hall–Kier alpha value is -2.75. The van der Waals surface area contributed by atoms with E-state index in [4.69, 9.17) is 4.74 Å². The fourth-order valence-corrected chi connectivity index (χ4v) is 1.78. The second kappa shape index (κ2) is 5.93. The summed E-state index contributed by atoms with van der Waals surface area (Å²) in [6.07, 6.45) is 5.27. The van der Waals surface area contributed by atoms with Crippen LogP contribution in [0, 0.1) is 0 Å². The fourth-order valence-electron chi connectivity index (χ4n) is 1.78. The zero-order valence-corrected chi connectivity index (χ0v) is 10.8. The summed E-state index contributed by atoms with van der Waals surface area (Å²) >= 11 is 0. The lowest BCUT2D eigenvalue weighted by Crippen LogP contribution is -1.99. The van der Waals surface area contributed by atoms with E-state index in [2.05, 4.69) is 15.0 Å². The number of hydrogen-bond donors (Lipinski definition) is 0. The van der Waals surface area contributed by atoms with Gasteiger partial charge in [-0.2, -0.15) is 0 Å². The molecule has 0 fully saturated rings. The Kier molecular flexibility index (Phi) is 3.64. The SMILES string of the molecule is c1ccc(COc2ccc(-c3ccccn3)cn2)nc1. The van der Waals surface area contributed by atoms with Crippen LogP contribution in [0.2, 0.25) is 0 Å². The van der Waals surface area contributed by atoms with E-state index in [1.165, 1.54) is 0 Å². The number of rotatable bonds is 4. The molecular weight excluding hydrogens is 250 g/mol. The van der Waals surface area contributed by atoms with E-state index < -0.39 is 0 Å². The van der Waals surface area contributed by atoms with Crippen LogP contribution in [0.1, 0.15) is 5.69 Å². The molecule has 0 unspecified atom stereocenters. The minimum atomic E-state index is 0.413. The van der Waals surface area contributed by atoms with Crippen molar-refractivity contribution in [3.8, 4) is 17.1 Å². The van der Waals surface area contributed by atoms with Crippen LogP contribution in [0.3, 0.4) is 0 Å². The van der Waals surface area contributed by atoms with Crippen LogP contribution in [0.15, 0.2) is 67.1 Å². The van der Waals surface area contributed by atoms with Crippen molar-refractivity contribution in [1.29, 1.82) is 0 Å². The molecule has 0 radical (unpaired) electrons. The quantitative estimate of drug-likeness (QED) is 0.725. The first-order valence-electron chi connectivity index (χ1n) is 6.32. The highest BCUT2D eigenvalue weighted by Gasteiger charge is 2.01. The van der Waals surface area contributed by atoms with Crippen LogP contribution in [-0.2, 0) is 6.61 Å². The molecule has 0 atom stereocenters. The average Bonchev–Trinajstić information content (AvgIpc) is 2.55. The molecule has 4 nitrogen and oxygen atoms in total. The monoisotopic (exact) mass is 263 g/mol. The molecule has 0 saturated heterocycles. The highest BCUT2D eigenvalue weighted by Crippen LogP contribution is 2.17. The Morgan fingerprint density at radius 1 is 0.800 bits per heavy atom. The van der Waals surface area contributed by atoms with Gasteiger partial charge in [0.15, 0.2) is 0 Å². The van der Waals surface area contributed by atoms with Crippen molar-refractivity contribution in [3.63, 3.8) is 0 Å². The van der Waals surface area contributed by atoms with E-state index in [9.17, 15) is 0 Å². The van der Waals surface area contributed by atoms with Crippen molar-refractivity contribution in [2.24, 2.45) is 0 Å². The standard InChI is InChI=1S/C16H13N3O/c1-3-9-17-14(5-1)12-20-16-8-7-13(11-19-16)15-6-2-4-10-18-15/h1-11H,12H2. The molecule has 0 saturated carbocycles. The van der Waals surface area contributed by atoms with E-state index in [0.29, 0.717) is 12.5 Å². The molecule has 3 heterocycles. The molecule has 4 heteroatoms. The lowest BCUT2D eigenvalue weighted by Gasteiger charge is -2.05. The zero-order chi connectivity index (χ0) is 13.6. The molecule has 0 N–H and O–H groups in total. The molecule has 0 aromatic carbocycles. The predicted molar refractivity (Wildman–Crippen MR) is 76.0 cm³/mol. The molecule has 3 aromatic heterocycles. The largest absolute Gasteiger partial charge is 0.471 e. The van der Waals surface area contributed by atoms with Gasteiger partial charge in [-0.15, -0.1) is 0 Å². The van der Waals surface area contributed by atoms with Gasteiger partial charge in [0.2, 0.25) is 5.88 Å². The minimum Gasteiger partial charge on any atom is -0.471 e. The van der Waals surface area contributed by atoms with Gasteiger partial charge in [-0.05, 0) is 30.3 Å². The second-order valence-corrected chi connectivity index (χ2v) is 4.21. The molecule has 3 rings (SSSR count). The molecule has 0 spiro atoms. The van der Waals surface area contributed by atoms with Gasteiger partial charge in [0.1, 0.15) is 6.61 Å². The van der Waals surface area contributed by atoms with Crippen molar-refractivity contribution in [3.05, 3.63) is 72.8 Å². The summed E-state index contributed by atoms with van der Waals surface area (Å²) in [5.41, 5.74) is 2.75. The summed E-state index contributed by atoms with van der Waals surface area (Å²) in [4.78, 5) is 12.8. The Bertz CT molecular complexity index is 654. The first-order valence-corrected chi connectivity index (χ1v) is 6.32. The van der Waals surface area contributed by atoms with Gasteiger partial charge >= 0.3 is 0 Å². The number of ether oxygens (including phenoxy) is 1. The molecule has 3 aromatic rings. The maximum atomic E-state index is 5.59. The van der Waals surface area contributed by atoms with Crippen LogP contribution in [0.4, 0.5) is 0 Å². The fraction of sp³-hybridized carbons (Fsp3) is 0.0625. The Morgan fingerprint density at radius 2 is 1.65 bits per heavy atom. The summed E-state index contributed by atoms with van der Waals surface area (Å²) in [6.45, 7) is 0.413. The molecule has 98 valence electrons. The number of hydrogen-bond acceptors (Lipinski definition) is 4. The van der Waals surface area contributed by atoms with E-state index in [1.807, 2.05) is 48.5 Å². The maximum absolute atomic E-state index is 5.59.